The summed E-state index contributed by atoms with van der Waals surface area (Å²) in [6, 6.07) is 14.6. The molecule has 0 atom stereocenters. The van der Waals surface area contributed by atoms with Crippen molar-refractivity contribution in [1.29, 1.82) is 0 Å². The van der Waals surface area contributed by atoms with Gasteiger partial charge in [-0.1, -0.05) is 19.1 Å². The number of ether oxygens (including phenoxy) is 2. The fourth-order valence-electron chi connectivity index (χ4n) is 3.27. The minimum absolute atomic E-state index is 0.0888. The molecule has 0 aliphatic carbocycles. The lowest BCUT2D eigenvalue weighted by Crippen LogP contribution is -2.32. The summed E-state index contributed by atoms with van der Waals surface area (Å²) in [6.07, 6.45) is 2.23. The standard InChI is InChI=1S/C23H22N4O4/c1-2-17(28)13-15-3-7-18(8-4-15)31-19-9-5-16(6-10-19)27-11-12-30-22-20(23(27)29)21(24)25-14-26-22/h3-10,14H,2,11-13H2,1H3,(H2,24,25,26). The van der Waals surface area contributed by atoms with Gasteiger partial charge >= 0.3 is 0 Å². The smallest absolute Gasteiger partial charge is 0.267 e. The number of anilines is 2. The van der Waals surface area contributed by atoms with Gasteiger partial charge in [0.05, 0.1) is 6.54 Å². The van der Waals surface area contributed by atoms with Crippen LogP contribution in [0.5, 0.6) is 17.4 Å². The van der Waals surface area contributed by atoms with Gasteiger partial charge in [0.15, 0.2) is 0 Å². The monoisotopic (exact) mass is 418 g/mol. The number of hydrogen-bond acceptors (Lipinski definition) is 7. The first kappa shape index (κ1) is 20.3. The minimum atomic E-state index is -0.309. The molecule has 1 aliphatic rings. The lowest BCUT2D eigenvalue weighted by molar-refractivity contribution is -0.118. The van der Waals surface area contributed by atoms with Gasteiger partial charge in [0.25, 0.3) is 5.91 Å². The van der Waals surface area contributed by atoms with E-state index in [4.69, 9.17) is 15.2 Å². The van der Waals surface area contributed by atoms with Crippen molar-refractivity contribution in [2.75, 3.05) is 23.8 Å². The first-order valence-corrected chi connectivity index (χ1v) is 9.99. The van der Waals surface area contributed by atoms with E-state index in [9.17, 15) is 9.59 Å². The maximum Gasteiger partial charge on any atom is 0.267 e. The van der Waals surface area contributed by atoms with E-state index < -0.39 is 0 Å². The SMILES string of the molecule is CCC(=O)Cc1ccc(Oc2ccc(N3CCOc4ncnc(N)c4C3=O)cc2)cc1. The van der Waals surface area contributed by atoms with Gasteiger partial charge in [-0.25, -0.2) is 9.97 Å². The Balaban J connectivity index is 1.47. The Morgan fingerprint density at radius 1 is 1.10 bits per heavy atom. The number of rotatable bonds is 6. The Bertz CT molecular complexity index is 1100. The number of fused-ring (bicyclic) bond motifs is 1. The zero-order chi connectivity index (χ0) is 21.8. The highest BCUT2D eigenvalue weighted by molar-refractivity contribution is 6.10. The number of Topliss-reactive ketones (excluding diaryl/α,β-unsaturated/α-hetero) is 1. The summed E-state index contributed by atoms with van der Waals surface area (Å²) in [5.74, 6) is 1.47. The van der Waals surface area contributed by atoms with Crippen molar-refractivity contribution in [1.82, 2.24) is 9.97 Å². The van der Waals surface area contributed by atoms with E-state index in [0.29, 0.717) is 43.2 Å². The lowest BCUT2D eigenvalue weighted by Gasteiger charge is -2.20. The Hall–Kier alpha value is -3.94. The quantitative estimate of drug-likeness (QED) is 0.653. The third-order valence-corrected chi connectivity index (χ3v) is 4.96. The molecule has 3 aromatic rings. The number of ketones is 1. The summed E-state index contributed by atoms with van der Waals surface area (Å²) in [5.41, 5.74) is 7.69. The van der Waals surface area contributed by atoms with Gasteiger partial charge in [0, 0.05) is 18.5 Å². The lowest BCUT2D eigenvalue weighted by atomic mass is 10.1. The molecule has 1 amide bonds. The molecule has 8 heteroatoms. The van der Waals surface area contributed by atoms with E-state index in [-0.39, 0.29) is 29.0 Å². The molecular weight excluding hydrogens is 396 g/mol. The predicted molar refractivity (Wildman–Crippen MR) is 116 cm³/mol. The number of nitrogens with zero attached hydrogens (tertiary/aromatic N) is 3. The topological polar surface area (TPSA) is 108 Å². The number of benzene rings is 2. The van der Waals surface area contributed by atoms with Crippen molar-refractivity contribution in [3.63, 3.8) is 0 Å². The van der Waals surface area contributed by atoms with Crippen LogP contribution in [-0.2, 0) is 11.2 Å². The molecule has 0 saturated carbocycles. The van der Waals surface area contributed by atoms with Crippen LogP contribution in [0.4, 0.5) is 11.5 Å². The highest BCUT2D eigenvalue weighted by atomic mass is 16.5. The van der Waals surface area contributed by atoms with Gasteiger partial charge in [0.2, 0.25) is 5.88 Å². The number of carbonyl (C=O) groups excluding carboxylic acids is 2. The number of carbonyl (C=O) groups is 2. The van der Waals surface area contributed by atoms with Gasteiger partial charge in [-0.15, -0.1) is 0 Å². The number of amides is 1. The van der Waals surface area contributed by atoms with Gasteiger partial charge in [-0.2, -0.15) is 0 Å². The van der Waals surface area contributed by atoms with Crippen molar-refractivity contribution in [2.45, 2.75) is 19.8 Å². The minimum Gasteiger partial charge on any atom is -0.475 e. The molecule has 1 aliphatic heterocycles. The summed E-state index contributed by atoms with van der Waals surface area (Å²) >= 11 is 0. The summed E-state index contributed by atoms with van der Waals surface area (Å²) in [7, 11) is 0. The Kier molecular flexibility index (Phi) is 5.79. The van der Waals surface area contributed by atoms with Gasteiger partial charge in [-0.05, 0) is 42.0 Å². The average molecular weight is 418 g/mol. The molecule has 0 fully saturated rings. The summed E-state index contributed by atoms with van der Waals surface area (Å²) in [4.78, 5) is 34.1. The van der Waals surface area contributed by atoms with E-state index >= 15 is 0 Å². The van der Waals surface area contributed by atoms with E-state index in [1.165, 1.54) is 6.33 Å². The fourth-order valence-corrected chi connectivity index (χ4v) is 3.27. The molecule has 31 heavy (non-hydrogen) atoms. The Morgan fingerprint density at radius 3 is 2.45 bits per heavy atom. The number of nitrogens with two attached hydrogens (primary N) is 1. The second kappa shape index (κ2) is 8.83. The van der Waals surface area contributed by atoms with Crippen molar-refractivity contribution < 1.29 is 19.1 Å². The molecule has 158 valence electrons. The third-order valence-electron chi connectivity index (χ3n) is 4.96. The van der Waals surface area contributed by atoms with Crippen LogP contribution in [0, 0.1) is 0 Å². The van der Waals surface area contributed by atoms with E-state index in [1.54, 1.807) is 29.2 Å². The molecule has 0 radical (unpaired) electrons. The number of nitrogen functional groups attached to an aromatic ring is 1. The summed E-state index contributed by atoms with van der Waals surface area (Å²) in [5, 5.41) is 0. The van der Waals surface area contributed by atoms with E-state index in [0.717, 1.165) is 5.56 Å². The molecule has 0 saturated heterocycles. The molecule has 2 N–H and O–H groups in total. The van der Waals surface area contributed by atoms with Crippen LogP contribution < -0.4 is 20.1 Å². The van der Waals surface area contributed by atoms with Crippen LogP contribution >= 0.6 is 0 Å². The highest BCUT2D eigenvalue weighted by Gasteiger charge is 2.28. The van der Waals surface area contributed by atoms with Crippen LogP contribution in [0.15, 0.2) is 54.9 Å². The number of aromatic nitrogens is 2. The second-order valence-electron chi connectivity index (χ2n) is 7.05. The van der Waals surface area contributed by atoms with Gasteiger partial charge in [0.1, 0.15) is 41.6 Å². The van der Waals surface area contributed by atoms with Crippen LogP contribution in [0.1, 0.15) is 29.3 Å². The third kappa shape index (κ3) is 4.48. The van der Waals surface area contributed by atoms with Crippen molar-refractivity contribution in [3.8, 4) is 17.4 Å². The van der Waals surface area contributed by atoms with Crippen molar-refractivity contribution in [2.24, 2.45) is 0 Å². The Morgan fingerprint density at radius 2 is 1.77 bits per heavy atom. The largest absolute Gasteiger partial charge is 0.475 e. The van der Waals surface area contributed by atoms with E-state index in [1.807, 2.05) is 31.2 Å². The molecule has 8 nitrogen and oxygen atoms in total. The zero-order valence-corrected chi connectivity index (χ0v) is 17.1. The molecule has 0 unspecified atom stereocenters. The van der Waals surface area contributed by atoms with Crippen molar-refractivity contribution >= 4 is 23.2 Å². The molecular formula is C23H22N4O4. The van der Waals surface area contributed by atoms with Crippen LogP contribution in [0.3, 0.4) is 0 Å². The molecule has 0 spiro atoms. The molecule has 2 aromatic carbocycles. The molecule has 0 bridgehead atoms. The molecule has 4 rings (SSSR count). The molecule has 2 heterocycles. The van der Waals surface area contributed by atoms with Gasteiger partial charge < -0.3 is 20.1 Å². The number of hydrogen-bond donors (Lipinski definition) is 1. The summed E-state index contributed by atoms with van der Waals surface area (Å²) in [6.45, 7) is 2.50. The van der Waals surface area contributed by atoms with E-state index in [2.05, 4.69) is 9.97 Å². The maximum absolute atomic E-state index is 13.0. The zero-order valence-electron chi connectivity index (χ0n) is 17.1. The molecule has 1 aromatic heterocycles. The fraction of sp³-hybridized carbons (Fsp3) is 0.217. The highest BCUT2D eigenvalue weighted by Crippen LogP contribution is 2.29. The first-order valence-electron chi connectivity index (χ1n) is 9.99. The second-order valence-corrected chi connectivity index (χ2v) is 7.05. The maximum atomic E-state index is 13.0. The normalized spacial score (nSPS) is 13.2. The van der Waals surface area contributed by atoms with Crippen molar-refractivity contribution in [3.05, 3.63) is 66.0 Å². The van der Waals surface area contributed by atoms with Gasteiger partial charge in [-0.3, -0.25) is 9.59 Å². The predicted octanol–water partition coefficient (Wildman–Crippen LogP) is 3.41. The summed E-state index contributed by atoms with van der Waals surface area (Å²) < 4.78 is 11.4. The van der Waals surface area contributed by atoms with Crippen LogP contribution in [0.25, 0.3) is 0 Å². The van der Waals surface area contributed by atoms with Crippen LogP contribution in [-0.4, -0.2) is 34.8 Å². The average Bonchev–Trinajstić information content (AvgIpc) is 2.95. The first-order chi connectivity index (χ1) is 15.0. The Labute approximate surface area is 179 Å². The van der Waals surface area contributed by atoms with Crippen LogP contribution in [0.2, 0.25) is 0 Å².